The van der Waals surface area contributed by atoms with Crippen LogP contribution in [-0.2, 0) is 6.42 Å². The lowest BCUT2D eigenvalue weighted by Gasteiger charge is -2.12. The Kier molecular flexibility index (Phi) is 4.70. The molecule has 0 fully saturated rings. The highest BCUT2D eigenvalue weighted by molar-refractivity contribution is 5.98. The number of benzene rings is 2. The minimum Gasteiger partial charge on any atom is -0.494 e. The second-order valence-electron chi connectivity index (χ2n) is 6.31. The fraction of sp³-hybridized carbons (Fsp3) is 0.238. The third-order valence-corrected chi connectivity index (χ3v) is 4.22. The van der Waals surface area contributed by atoms with Crippen molar-refractivity contribution in [1.29, 1.82) is 0 Å². The van der Waals surface area contributed by atoms with Gasteiger partial charge in [0.1, 0.15) is 11.4 Å². The lowest BCUT2D eigenvalue weighted by molar-refractivity contribution is 0.0992. The molecule has 0 bridgehead atoms. The van der Waals surface area contributed by atoms with Crippen LogP contribution in [0.3, 0.4) is 0 Å². The van der Waals surface area contributed by atoms with Gasteiger partial charge in [0.05, 0.1) is 12.8 Å². The molecule has 1 heterocycles. The lowest BCUT2D eigenvalue weighted by Crippen LogP contribution is -2.07. The highest BCUT2D eigenvalue weighted by Gasteiger charge is 2.14. The Morgan fingerprint density at radius 2 is 1.76 bits per heavy atom. The van der Waals surface area contributed by atoms with Gasteiger partial charge in [-0.1, -0.05) is 29.8 Å². The number of aryl methyl sites for hydroxylation is 3. The standard InChI is InChI=1S/C21H22N2O2/c1-14-5-7-17(8-6-14)12-20(24)18-9-10-19(21(13-18)25-4)23-16(3)11-15(2)22-23/h5-11,13H,12H2,1-4H3. The first-order valence-electron chi connectivity index (χ1n) is 8.28. The van der Waals surface area contributed by atoms with Crippen molar-refractivity contribution >= 4 is 5.78 Å². The van der Waals surface area contributed by atoms with Gasteiger partial charge in [-0.3, -0.25) is 4.79 Å². The van der Waals surface area contributed by atoms with Crippen LogP contribution in [0.15, 0.2) is 48.5 Å². The minimum atomic E-state index is 0.0714. The van der Waals surface area contributed by atoms with Gasteiger partial charge < -0.3 is 4.74 Å². The molecule has 0 aliphatic carbocycles. The van der Waals surface area contributed by atoms with E-state index in [4.69, 9.17) is 4.74 Å². The number of rotatable bonds is 5. The molecule has 0 spiro atoms. The smallest absolute Gasteiger partial charge is 0.167 e. The fourth-order valence-corrected chi connectivity index (χ4v) is 2.89. The van der Waals surface area contributed by atoms with E-state index >= 15 is 0 Å². The molecule has 3 aromatic rings. The van der Waals surface area contributed by atoms with E-state index in [0.29, 0.717) is 17.7 Å². The highest BCUT2D eigenvalue weighted by Crippen LogP contribution is 2.26. The number of hydrogen-bond donors (Lipinski definition) is 0. The summed E-state index contributed by atoms with van der Waals surface area (Å²) >= 11 is 0. The summed E-state index contributed by atoms with van der Waals surface area (Å²) < 4.78 is 7.34. The molecule has 1 aromatic heterocycles. The molecular formula is C21H22N2O2. The predicted molar refractivity (Wildman–Crippen MR) is 98.8 cm³/mol. The van der Waals surface area contributed by atoms with Gasteiger partial charge in [-0.15, -0.1) is 0 Å². The molecule has 0 amide bonds. The molecule has 128 valence electrons. The summed E-state index contributed by atoms with van der Waals surface area (Å²) in [6.45, 7) is 5.99. The Morgan fingerprint density at radius 1 is 1.04 bits per heavy atom. The highest BCUT2D eigenvalue weighted by atomic mass is 16.5. The van der Waals surface area contributed by atoms with Crippen LogP contribution in [0, 0.1) is 20.8 Å². The van der Waals surface area contributed by atoms with E-state index in [2.05, 4.69) is 5.10 Å². The molecule has 0 N–H and O–H groups in total. The van der Waals surface area contributed by atoms with Gasteiger partial charge in [-0.2, -0.15) is 5.10 Å². The van der Waals surface area contributed by atoms with E-state index in [-0.39, 0.29) is 5.78 Å². The van der Waals surface area contributed by atoms with E-state index in [9.17, 15) is 4.79 Å². The number of aromatic nitrogens is 2. The van der Waals surface area contributed by atoms with Gasteiger partial charge in [-0.05, 0) is 50.6 Å². The number of Topliss-reactive ketones (excluding diaryl/α,β-unsaturated/α-hetero) is 1. The monoisotopic (exact) mass is 334 g/mol. The zero-order chi connectivity index (χ0) is 18.0. The minimum absolute atomic E-state index is 0.0714. The Morgan fingerprint density at radius 3 is 2.36 bits per heavy atom. The first-order valence-corrected chi connectivity index (χ1v) is 8.28. The fourth-order valence-electron chi connectivity index (χ4n) is 2.89. The maximum atomic E-state index is 12.6. The molecular weight excluding hydrogens is 312 g/mol. The van der Waals surface area contributed by atoms with Gasteiger partial charge in [-0.25, -0.2) is 4.68 Å². The van der Waals surface area contributed by atoms with Gasteiger partial charge in [0.15, 0.2) is 5.78 Å². The van der Waals surface area contributed by atoms with Gasteiger partial charge >= 0.3 is 0 Å². The third kappa shape index (κ3) is 3.63. The van der Waals surface area contributed by atoms with E-state index in [1.165, 1.54) is 5.56 Å². The SMILES string of the molecule is COc1cc(C(=O)Cc2ccc(C)cc2)ccc1-n1nc(C)cc1C. The summed E-state index contributed by atoms with van der Waals surface area (Å²) in [5, 5.41) is 4.49. The largest absolute Gasteiger partial charge is 0.494 e. The summed E-state index contributed by atoms with van der Waals surface area (Å²) in [7, 11) is 1.61. The van der Waals surface area contributed by atoms with Gasteiger partial charge in [0, 0.05) is 17.7 Å². The second-order valence-corrected chi connectivity index (χ2v) is 6.31. The Balaban J connectivity index is 1.89. The van der Waals surface area contributed by atoms with E-state index in [1.54, 1.807) is 13.2 Å². The van der Waals surface area contributed by atoms with Crippen molar-refractivity contribution in [3.63, 3.8) is 0 Å². The van der Waals surface area contributed by atoms with Crippen LogP contribution in [0.4, 0.5) is 0 Å². The molecule has 0 aliphatic heterocycles. The number of ketones is 1. The van der Waals surface area contributed by atoms with Crippen molar-refractivity contribution < 1.29 is 9.53 Å². The number of ether oxygens (including phenoxy) is 1. The topological polar surface area (TPSA) is 44.1 Å². The molecule has 0 unspecified atom stereocenters. The molecule has 0 saturated heterocycles. The van der Waals surface area contributed by atoms with Crippen molar-refractivity contribution in [2.24, 2.45) is 0 Å². The van der Waals surface area contributed by atoms with Crippen molar-refractivity contribution in [2.75, 3.05) is 7.11 Å². The van der Waals surface area contributed by atoms with Crippen LogP contribution in [0.2, 0.25) is 0 Å². The van der Waals surface area contributed by atoms with Crippen molar-refractivity contribution in [3.05, 3.63) is 76.6 Å². The van der Waals surface area contributed by atoms with Crippen molar-refractivity contribution in [2.45, 2.75) is 27.2 Å². The summed E-state index contributed by atoms with van der Waals surface area (Å²) in [6.07, 6.45) is 0.378. The molecule has 0 saturated carbocycles. The number of hydrogen-bond acceptors (Lipinski definition) is 3. The number of nitrogens with zero attached hydrogens (tertiary/aromatic N) is 2. The first kappa shape index (κ1) is 17.0. The quantitative estimate of drug-likeness (QED) is 0.656. The summed E-state index contributed by atoms with van der Waals surface area (Å²) in [5.41, 5.74) is 5.64. The predicted octanol–water partition coefficient (Wildman–Crippen LogP) is 4.23. The molecule has 2 aromatic carbocycles. The molecule has 0 radical (unpaired) electrons. The van der Waals surface area contributed by atoms with Crippen LogP contribution in [0.25, 0.3) is 5.69 Å². The normalized spacial score (nSPS) is 10.7. The van der Waals surface area contributed by atoms with Crippen LogP contribution >= 0.6 is 0 Å². The van der Waals surface area contributed by atoms with E-state index < -0.39 is 0 Å². The second kappa shape index (κ2) is 6.93. The Hall–Kier alpha value is -2.88. The average molecular weight is 334 g/mol. The lowest BCUT2D eigenvalue weighted by atomic mass is 10.0. The van der Waals surface area contributed by atoms with Gasteiger partial charge in [0.2, 0.25) is 0 Å². The number of carbonyl (C=O) groups is 1. The first-order chi connectivity index (χ1) is 12.0. The Labute approximate surface area is 148 Å². The van der Waals surface area contributed by atoms with Crippen LogP contribution in [0.1, 0.15) is 32.9 Å². The van der Waals surface area contributed by atoms with Gasteiger partial charge in [0.25, 0.3) is 0 Å². The maximum absolute atomic E-state index is 12.6. The summed E-state index contributed by atoms with van der Waals surface area (Å²) in [5.74, 6) is 0.711. The van der Waals surface area contributed by atoms with Crippen molar-refractivity contribution in [1.82, 2.24) is 9.78 Å². The molecule has 0 aliphatic rings. The average Bonchev–Trinajstić information content (AvgIpc) is 2.94. The number of methoxy groups -OCH3 is 1. The van der Waals surface area contributed by atoms with Crippen molar-refractivity contribution in [3.8, 4) is 11.4 Å². The molecule has 4 heteroatoms. The zero-order valence-electron chi connectivity index (χ0n) is 15.0. The molecule has 3 rings (SSSR count). The third-order valence-electron chi connectivity index (χ3n) is 4.22. The number of carbonyl (C=O) groups excluding carboxylic acids is 1. The summed E-state index contributed by atoms with van der Waals surface area (Å²) in [4.78, 5) is 12.6. The van der Waals surface area contributed by atoms with E-state index in [0.717, 1.165) is 22.6 Å². The maximum Gasteiger partial charge on any atom is 0.167 e. The summed E-state index contributed by atoms with van der Waals surface area (Å²) in [6, 6.07) is 15.6. The van der Waals surface area contributed by atoms with E-state index in [1.807, 2.05) is 67.9 Å². The molecule has 0 atom stereocenters. The zero-order valence-corrected chi connectivity index (χ0v) is 15.0. The molecule has 25 heavy (non-hydrogen) atoms. The Bertz CT molecular complexity index is 908. The molecule has 4 nitrogen and oxygen atoms in total. The van der Waals surface area contributed by atoms with Crippen LogP contribution in [0.5, 0.6) is 5.75 Å². The van der Waals surface area contributed by atoms with Crippen LogP contribution < -0.4 is 4.74 Å². The van der Waals surface area contributed by atoms with Crippen LogP contribution in [-0.4, -0.2) is 22.7 Å².